The van der Waals surface area contributed by atoms with Gasteiger partial charge in [-0.25, -0.2) is 17.8 Å². The number of hydrogen-bond donors (Lipinski definition) is 1. The lowest BCUT2D eigenvalue weighted by Crippen LogP contribution is -2.46. The molecule has 2 heterocycles. The normalized spacial score (nSPS) is 17.4. The number of hydrogen-bond acceptors (Lipinski definition) is 6. The molecule has 0 radical (unpaired) electrons. The van der Waals surface area contributed by atoms with Gasteiger partial charge in [-0.15, -0.1) is 11.3 Å². The number of benzene rings is 2. The van der Waals surface area contributed by atoms with Crippen LogP contribution in [-0.2, 0) is 14.6 Å². The van der Waals surface area contributed by atoms with Gasteiger partial charge < -0.3 is 5.32 Å². The quantitative estimate of drug-likeness (QED) is 0.652. The van der Waals surface area contributed by atoms with Gasteiger partial charge in [0.15, 0.2) is 15.0 Å². The number of amides is 1. The van der Waals surface area contributed by atoms with E-state index in [0.717, 1.165) is 11.1 Å². The Balaban J connectivity index is 1.54. The van der Waals surface area contributed by atoms with E-state index in [1.54, 1.807) is 17.5 Å². The van der Waals surface area contributed by atoms with Gasteiger partial charge in [0, 0.05) is 24.0 Å². The van der Waals surface area contributed by atoms with E-state index >= 15 is 0 Å². The van der Waals surface area contributed by atoms with Crippen LogP contribution in [0, 0.1) is 5.82 Å². The lowest BCUT2D eigenvalue weighted by atomic mass is 10.0. The highest BCUT2D eigenvalue weighted by atomic mass is 32.2. The summed E-state index contributed by atoms with van der Waals surface area (Å²) in [5.41, 5.74) is 2.20. The van der Waals surface area contributed by atoms with Crippen LogP contribution in [0.3, 0.4) is 0 Å². The van der Waals surface area contributed by atoms with Gasteiger partial charge in [0.05, 0.1) is 17.2 Å². The van der Waals surface area contributed by atoms with Crippen molar-refractivity contribution in [2.45, 2.75) is 6.04 Å². The molecule has 1 aliphatic heterocycles. The van der Waals surface area contributed by atoms with Crippen molar-refractivity contribution in [3.05, 3.63) is 71.4 Å². The van der Waals surface area contributed by atoms with Crippen molar-refractivity contribution in [1.29, 1.82) is 0 Å². The molecule has 1 atom stereocenters. The van der Waals surface area contributed by atoms with Crippen molar-refractivity contribution in [2.75, 3.05) is 29.9 Å². The Bertz CT molecular complexity index is 1120. The Morgan fingerprint density at radius 2 is 1.73 bits per heavy atom. The van der Waals surface area contributed by atoms with Crippen LogP contribution in [0.15, 0.2) is 60.0 Å². The topological polar surface area (TPSA) is 79.4 Å². The lowest BCUT2D eigenvalue weighted by molar-refractivity contribution is -0.121. The second-order valence-electron chi connectivity index (χ2n) is 7.04. The Hall–Kier alpha value is -2.62. The summed E-state index contributed by atoms with van der Waals surface area (Å²) >= 11 is 1.28. The number of thiazole rings is 1. The summed E-state index contributed by atoms with van der Waals surface area (Å²) in [4.78, 5) is 19.5. The van der Waals surface area contributed by atoms with Crippen molar-refractivity contribution < 1.29 is 17.6 Å². The fourth-order valence-corrected chi connectivity index (χ4v) is 5.36. The molecule has 0 spiro atoms. The molecule has 1 aromatic heterocycles. The predicted octanol–water partition coefficient (Wildman–Crippen LogP) is 3.36. The summed E-state index contributed by atoms with van der Waals surface area (Å²) in [6.07, 6.45) is 0. The Morgan fingerprint density at radius 1 is 1.07 bits per heavy atom. The van der Waals surface area contributed by atoms with Crippen LogP contribution in [0.1, 0.15) is 11.6 Å². The van der Waals surface area contributed by atoms with Crippen LogP contribution in [-0.4, -0.2) is 48.8 Å². The summed E-state index contributed by atoms with van der Waals surface area (Å²) in [6, 6.07) is 14.7. The Kier molecular flexibility index (Phi) is 5.94. The molecule has 4 rings (SSSR count). The number of aromatic nitrogens is 1. The maximum atomic E-state index is 13.2. The van der Waals surface area contributed by atoms with E-state index in [1.165, 1.54) is 23.5 Å². The highest BCUT2D eigenvalue weighted by Gasteiger charge is 2.32. The van der Waals surface area contributed by atoms with E-state index < -0.39 is 15.9 Å². The highest BCUT2D eigenvalue weighted by Crippen LogP contribution is 2.28. The third-order valence-electron chi connectivity index (χ3n) is 4.98. The molecule has 1 aliphatic rings. The van der Waals surface area contributed by atoms with Gasteiger partial charge in [0.25, 0.3) is 0 Å². The first kappa shape index (κ1) is 20.6. The number of rotatable bonds is 5. The molecule has 6 nitrogen and oxygen atoms in total. The molecule has 1 unspecified atom stereocenters. The molecular weight excluding hydrogens is 425 g/mol. The van der Waals surface area contributed by atoms with E-state index in [9.17, 15) is 17.6 Å². The van der Waals surface area contributed by atoms with E-state index in [4.69, 9.17) is 0 Å². The van der Waals surface area contributed by atoms with Gasteiger partial charge in [-0.1, -0.05) is 30.3 Å². The molecule has 156 valence electrons. The number of nitrogens with one attached hydrogen (secondary N) is 1. The zero-order valence-corrected chi connectivity index (χ0v) is 17.6. The molecule has 0 aliphatic carbocycles. The fraction of sp³-hybridized carbons (Fsp3) is 0.238. The second kappa shape index (κ2) is 8.63. The largest absolute Gasteiger partial charge is 0.300 e. The maximum Gasteiger partial charge on any atom is 0.248 e. The predicted molar refractivity (Wildman–Crippen MR) is 116 cm³/mol. The highest BCUT2D eigenvalue weighted by molar-refractivity contribution is 7.91. The molecule has 0 saturated carbocycles. The van der Waals surface area contributed by atoms with Crippen molar-refractivity contribution in [1.82, 2.24) is 9.88 Å². The summed E-state index contributed by atoms with van der Waals surface area (Å²) in [5.74, 6) is -0.511. The molecule has 1 saturated heterocycles. The van der Waals surface area contributed by atoms with E-state index in [2.05, 4.69) is 10.3 Å². The molecule has 1 fully saturated rings. The van der Waals surface area contributed by atoms with Gasteiger partial charge in [-0.05, 0) is 29.8 Å². The van der Waals surface area contributed by atoms with Crippen molar-refractivity contribution in [3.63, 3.8) is 0 Å². The van der Waals surface area contributed by atoms with E-state index in [1.807, 2.05) is 35.2 Å². The summed E-state index contributed by atoms with van der Waals surface area (Å²) in [5, 5.41) is 5.10. The van der Waals surface area contributed by atoms with Crippen LogP contribution < -0.4 is 5.32 Å². The third kappa shape index (κ3) is 4.75. The minimum absolute atomic E-state index is 0.0373. The fourth-order valence-electron chi connectivity index (χ4n) is 3.41. The van der Waals surface area contributed by atoms with Gasteiger partial charge in [0.2, 0.25) is 5.91 Å². The molecule has 30 heavy (non-hydrogen) atoms. The zero-order chi connectivity index (χ0) is 21.1. The van der Waals surface area contributed by atoms with E-state index in [-0.39, 0.29) is 23.2 Å². The Labute approximate surface area is 178 Å². The lowest BCUT2D eigenvalue weighted by Gasteiger charge is -2.33. The monoisotopic (exact) mass is 445 g/mol. The van der Waals surface area contributed by atoms with Crippen LogP contribution in [0.5, 0.6) is 0 Å². The van der Waals surface area contributed by atoms with Crippen molar-refractivity contribution in [2.24, 2.45) is 0 Å². The molecule has 9 heteroatoms. The number of carbonyl (C=O) groups excluding carboxylic acids is 1. The van der Waals surface area contributed by atoms with Gasteiger partial charge in [-0.3, -0.25) is 9.69 Å². The molecule has 0 bridgehead atoms. The molecule has 2 aromatic carbocycles. The molecule has 3 aromatic rings. The number of halogens is 1. The summed E-state index contributed by atoms with van der Waals surface area (Å²) in [7, 11) is -3.06. The smallest absolute Gasteiger partial charge is 0.248 e. The second-order valence-corrected chi connectivity index (χ2v) is 10.2. The molecule has 1 amide bonds. The first-order chi connectivity index (χ1) is 14.4. The van der Waals surface area contributed by atoms with Gasteiger partial charge in [0.1, 0.15) is 11.9 Å². The van der Waals surface area contributed by atoms with Crippen LogP contribution in [0.25, 0.3) is 11.3 Å². The summed E-state index contributed by atoms with van der Waals surface area (Å²) in [6.45, 7) is 0.599. The standard InChI is InChI=1S/C21H20FN3O3S2/c22-17-8-6-15(7-9-17)18-14-29-21(23-18)24-20(26)19(16-4-2-1-3-5-16)25-10-12-30(27,28)13-11-25/h1-9,14,19H,10-13H2,(H,23,24,26). The van der Waals surface area contributed by atoms with Crippen LogP contribution in [0.2, 0.25) is 0 Å². The van der Waals surface area contributed by atoms with Gasteiger partial charge >= 0.3 is 0 Å². The minimum atomic E-state index is -3.06. The van der Waals surface area contributed by atoms with Crippen LogP contribution in [0.4, 0.5) is 9.52 Å². The molecule has 1 N–H and O–H groups in total. The maximum absolute atomic E-state index is 13.2. The van der Waals surface area contributed by atoms with Crippen LogP contribution >= 0.6 is 11.3 Å². The van der Waals surface area contributed by atoms with Crippen molar-refractivity contribution in [3.8, 4) is 11.3 Å². The number of anilines is 1. The summed E-state index contributed by atoms with van der Waals surface area (Å²) < 4.78 is 36.8. The van der Waals surface area contributed by atoms with Crippen molar-refractivity contribution >= 4 is 32.2 Å². The zero-order valence-electron chi connectivity index (χ0n) is 16.0. The third-order valence-corrected chi connectivity index (χ3v) is 7.35. The van der Waals surface area contributed by atoms with Gasteiger partial charge in [-0.2, -0.15) is 0 Å². The Morgan fingerprint density at radius 3 is 2.40 bits per heavy atom. The average molecular weight is 446 g/mol. The average Bonchev–Trinajstić information content (AvgIpc) is 3.19. The SMILES string of the molecule is O=C(Nc1nc(-c2ccc(F)cc2)cs1)C(c1ccccc1)N1CCS(=O)(=O)CC1. The first-order valence-electron chi connectivity index (χ1n) is 9.43. The number of nitrogens with zero attached hydrogens (tertiary/aromatic N) is 2. The number of carbonyl (C=O) groups is 1. The first-order valence-corrected chi connectivity index (χ1v) is 12.1. The van der Waals surface area contributed by atoms with E-state index in [0.29, 0.717) is 23.9 Å². The minimum Gasteiger partial charge on any atom is -0.300 e. The number of sulfone groups is 1. The molecular formula is C21H20FN3O3S2.